The number of carboxylic acid groups (broad SMARTS) is 1. The van der Waals surface area contributed by atoms with E-state index in [4.69, 9.17) is 9.84 Å². The molecule has 1 amide bonds. The van der Waals surface area contributed by atoms with Crippen LogP contribution in [0.3, 0.4) is 0 Å². The first kappa shape index (κ1) is 11.9. The second-order valence-corrected chi connectivity index (χ2v) is 4.78. The maximum absolute atomic E-state index is 11.1. The van der Waals surface area contributed by atoms with E-state index in [1.54, 1.807) is 0 Å². The number of nitrogens with zero attached hydrogens (tertiary/aromatic N) is 1. The van der Waals surface area contributed by atoms with Crippen LogP contribution >= 0.6 is 0 Å². The van der Waals surface area contributed by atoms with Crippen LogP contribution in [0.25, 0.3) is 10.9 Å². The van der Waals surface area contributed by atoms with Gasteiger partial charge in [0.05, 0.1) is 6.04 Å². The van der Waals surface area contributed by atoms with Gasteiger partial charge in [-0.15, -0.1) is 0 Å². The number of ether oxygens (including phenoxy) is 1. The molecule has 0 bridgehead atoms. The van der Waals surface area contributed by atoms with Gasteiger partial charge in [0.15, 0.2) is 0 Å². The number of fused-ring (bicyclic) bond motifs is 1. The average Bonchev–Trinajstić information content (AvgIpc) is 3.04. The molecule has 0 spiro atoms. The lowest BCUT2D eigenvalue weighted by atomic mass is 10.2. The molecule has 2 aromatic rings. The fourth-order valence-corrected chi connectivity index (χ4v) is 2.63. The van der Waals surface area contributed by atoms with Gasteiger partial charge in [0.25, 0.3) is 0 Å². The number of nitrogens with one attached hydrogen (secondary N) is 1. The monoisotopic (exact) mass is 260 g/mol. The Morgan fingerprint density at radius 1 is 1.47 bits per heavy atom. The minimum atomic E-state index is -0.856. The van der Waals surface area contributed by atoms with Crippen molar-refractivity contribution in [1.29, 1.82) is 0 Å². The van der Waals surface area contributed by atoms with Crippen molar-refractivity contribution in [1.82, 2.24) is 9.88 Å². The minimum Gasteiger partial charge on any atom is -0.491 e. The Hall–Kier alpha value is -2.17. The van der Waals surface area contributed by atoms with Crippen molar-refractivity contribution in [2.24, 2.45) is 0 Å². The standard InChI is InChI=1S/C14H16N2O3/c17-14(18)16-8-2-3-10(16)9-19-13-5-1-4-12-11(13)6-7-15-12/h1,4-7,10,15H,2-3,8-9H2,(H,17,18)/t10-/m1/s1. The van der Waals surface area contributed by atoms with E-state index in [0.29, 0.717) is 13.2 Å². The van der Waals surface area contributed by atoms with E-state index in [0.717, 1.165) is 29.5 Å². The molecular weight excluding hydrogens is 244 g/mol. The van der Waals surface area contributed by atoms with E-state index in [-0.39, 0.29) is 6.04 Å². The van der Waals surface area contributed by atoms with Crippen molar-refractivity contribution in [3.8, 4) is 5.75 Å². The molecular formula is C14H16N2O3. The molecule has 1 aliphatic heterocycles. The zero-order valence-corrected chi connectivity index (χ0v) is 10.5. The maximum atomic E-state index is 11.1. The molecule has 0 aliphatic carbocycles. The Bertz CT molecular complexity index is 593. The summed E-state index contributed by atoms with van der Waals surface area (Å²) in [5.74, 6) is 0.802. The maximum Gasteiger partial charge on any atom is 0.407 e. The quantitative estimate of drug-likeness (QED) is 0.891. The molecule has 1 atom stereocenters. The van der Waals surface area contributed by atoms with E-state index >= 15 is 0 Å². The van der Waals surface area contributed by atoms with Crippen molar-refractivity contribution in [2.75, 3.05) is 13.2 Å². The van der Waals surface area contributed by atoms with Crippen LogP contribution in [0.4, 0.5) is 4.79 Å². The van der Waals surface area contributed by atoms with Crippen molar-refractivity contribution in [3.05, 3.63) is 30.5 Å². The smallest absolute Gasteiger partial charge is 0.407 e. The Morgan fingerprint density at radius 2 is 2.37 bits per heavy atom. The molecule has 2 N–H and O–H groups in total. The molecule has 0 saturated carbocycles. The summed E-state index contributed by atoms with van der Waals surface area (Å²) in [6.07, 6.45) is 2.80. The van der Waals surface area contributed by atoms with Crippen molar-refractivity contribution < 1.29 is 14.6 Å². The summed E-state index contributed by atoms with van der Waals surface area (Å²) >= 11 is 0. The van der Waals surface area contributed by atoms with Gasteiger partial charge in [-0.25, -0.2) is 4.79 Å². The SMILES string of the molecule is O=C(O)N1CCC[C@@H]1COc1cccc2[nH]ccc12. The normalized spacial score (nSPS) is 18.9. The van der Waals surface area contributed by atoms with Gasteiger partial charge >= 0.3 is 6.09 Å². The lowest BCUT2D eigenvalue weighted by molar-refractivity contribution is 0.123. The number of hydrogen-bond acceptors (Lipinski definition) is 2. The molecule has 2 heterocycles. The summed E-state index contributed by atoms with van der Waals surface area (Å²) < 4.78 is 5.82. The number of H-pyrrole nitrogens is 1. The molecule has 0 radical (unpaired) electrons. The summed E-state index contributed by atoms with van der Waals surface area (Å²) in [4.78, 5) is 15.7. The van der Waals surface area contributed by atoms with Crippen LogP contribution < -0.4 is 4.74 Å². The highest BCUT2D eigenvalue weighted by Crippen LogP contribution is 2.26. The Kier molecular flexibility index (Phi) is 3.03. The first-order valence-electron chi connectivity index (χ1n) is 6.44. The zero-order valence-electron chi connectivity index (χ0n) is 10.5. The number of amides is 1. The van der Waals surface area contributed by atoms with Crippen LogP contribution in [0.5, 0.6) is 5.75 Å². The lowest BCUT2D eigenvalue weighted by Crippen LogP contribution is -2.38. The van der Waals surface area contributed by atoms with Gasteiger partial charge < -0.3 is 19.7 Å². The zero-order chi connectivity index (χ0) is 13.2. The van der Waals surface area contributed by atoms with Gasteiger partial charge in [0.2, 0.25) is 0 Å². The lowest BCUT2D eigenvalue weighted by Gasteiger charge is -2.21. The summed E-state index contributed by atoms with van der Waals surface area (Å²) in [7, 11) is 0. The molecule has 0 unspecified atom stereocenters. The highest BCUT2D eigenvalue weighted by molar-refractivity contribution is 5.85. The summed E-state index contributed by atoms with van der Waals surface area (Å²) in [5, 5.41) is 10.1. The second kappa shape index (κ2) is 4.84. The van der Waals surface area contributed by atoms with E-state index < -0.39 is 6.09 Å². The Labute approximate surface area is 110 Å². The first-order valence-corrected chi connectivity index (χ1v) is 6.44. The predicted molar refractivity (Wildman–Crippen MR) is 71.5 cm³/mol. The number of aromatic amines is 1. The highest BCUT2D eigenvalue weighted by Gasteiger charge is 2.28. The third kappa shape index (κ3) is 2.23. The molecule has 1 fully saturated rings. The van der Waals surface area contributed by atoms with Gasteiger partial charge in [-0.1, -0.05) is 6.07 Å². The third-order valence-electron chi connectivity index (χ3n) is 3.61. The van der Waals surface area contributed by atoms with Gasteiger partial charge in [0.1, 0.15) is 12.4 Å². The van der Waals surface area contributed by atoms with E-state index in [1.807, 2.05) is 30.5 Å². The first-order chi connectivity index (χ1) is 9.25. The van der Waals surface area contributed by atoms with Crippen LogP contribution in [-0.2, 0) is 0 Å². The van der Waals surface area contributed by atoms with Crippen LogP contribution in [0.15, 0.2) is 30.5 Å². The fraction of sp³-hybridized carbons (Fsp3) is 0.357. The van der Waals surface area contributed by atoms with Crippen LogP contribution in [0, 0.1) is 0 Å². The Morgan fingerprint density at radius 3 is 3.21 bits per heavy atom. The van der Waals surface area contributed by atoms with Crippen LogP contribution in [0.2, 0.25) is 0 Å². The number of hydrogen-bond donors (Lipinski definition) is 2. The summed E-state index contributed by atoms with van der Waals surface area (Å²) in [6, 6.07) is 7.76. The molecule has 1 aromatic carbocycles. The van der Waals surface area contributed by atoms with E-state index in [2.05, 4.69) is 4.98 Å². The molecule has 1 saturated heterocycles. The van der Waals surface area contributed by atoms with Gasteiger partial charge in [-0.3, -0.25) is 0 Å². The average molecular weight is 260 g/mol. The number of rotatable bonds is 3. The van der Waals surface area contributed by atoms with Crippen LogP contribution in [0.1, 0.15) is 12.8 Å². The number of carbonyl (C=O) groups is 1. The van der Waals surface area contributed by atoms with E-state index in [1.165, 1.54) is 4.90 Å². The molecule has 5 heteroatoms. The van der Waals surface area contributed by atoms with Crippen molar-refractivity contribution in [3.63, 3.8) is 0 Å². The van der Waals surface area contributed by atoms with Gasteiger partial charge in [0, 0.05) is 23.6 Å². The molecule has 19 heavy (non-hydrogen) atoms. The Balaban J connectivity index is 1.72. The summed E-state index contributed by atoms with van der Waals surface area (Å²) in [5.41, 5.74) is 1.03. The molecule has 1 aliphatic rings. The topological polar surface area (TPSA) is 65.6 Å². The molecule has 1 aromatic heterocycles. The molecule has 3 rings (SSSR count). The van der Waals surface area contributed by atoms with Crippen molar-refractivity contribution >= 4 is 17.0 Å². The third-order valence-corrected chi connectivity index (χ3v) is 3.61. The number of likely N-dealkylation sites (tertiary alicyclic amines) is 1. The minimum absolute atomic E-state index is 0.0355. The summed E-state index contributed by atoms with van der Waals surface area (Å²) in [6.45, 7) is 1.02. The van der Waals surface area contributed by atoms with E-state index in [9.17, 15) is 4.79 Å². The molecule has 100 valence electrons. The van der Waals surface area contributed by atoms with Crippen LogP contribution in [-0.4, -0.2) is 40.3 Å². The fourth-order valence-electron chi connectivity index (χ4n) is 2.63. The molecule has 5 nitrogen and oxygen atoms in total. The number of aromatic nitrogens is 1. The predicted octanol–water partition coefficient (Wildman–Crippen LogP) is 2.69. The van der Waals surface area contributed by atoms with Gasteiger partial charge in [-0.2, -0.15) is 0 Å². The van der Waals surface area contributed by atoms with Gasteiger partial charge in [-0.05, 0) is 31.0 Å². The second-order valence-electron chi connectivity index (χ2n) is 4.78. The number of benzene rings is 1. The largest absolute Gasteiger partial charge is 0.491 e. The highest BCUT2D eigenvalue weighted by atomic mass is 16.5. The van der Waals surface area contributed by atoms with Crippen molar-refractivity contribution in [2.45, 2.75) is 18.9 Å².